The van der Waals surface area contributed by atoms with E-state index < -0.39 is 0 Å². The summed E-state index contributed by atoms with van der Waals surface area (Å²) in [6.07, 6.45) is 12.0. The molecule has 2 aromatic rings. The lowest BCUT2D eigenvalue weighted by molar-refractivity contribution is -0.131. The van der Waals surface area contributed by atoms with E-state index in [2.05, 4.69) is 25.6 Å². The average Bonchev–Trinajstić information content (AvgIpc) is 3.42. The molecular formula is C27H33N5O2. The van der Waals surface area contributed by atoms with Crippen LogP contribution in [-0.2, 0) is 16.0 Å². The molecule has 0 spiro atoms. The molecule has 8 rings (SSSR count). The Labute approximate surface area is 199 Å². The number of hydrogen-bond acceptors (Lipinski definition) is 4. The number of allylic oxidation sites excluding steroid dienone is 1. The number of nitrogens with one attached hydrogen (secondary N) is 2. The zero-order valence-electron chi connectivity index (χ0n) is 19.6. The molecule has 7 heteroatoms. The van der Waals surface area contributed by atoms with Gasteiger partial charge >= 0.3 is 0 Å². The van der Waals surface area contributed by atoms with E-state index in [1.807, 2.05) is 24.3 Å². The molecule has 2 heterocycles. The molecule has 34 heavy (non-hydrogen) atoms. The van der Waals surface area contributed by atoms with E-state index in [1.54, 1.807) is 0 Å². The summed E-state index contributed by atoms with van der Waals surface area (Å²) in [7, 11) is 0. The van der Waals surface area contributed by atoms with E-state index in [-0.39, 0.29) is 17.9 Å². The summed E-state index contributed by atoms with van der Waals surface area (Å²) in [6, 6.07) is 6.31. The normalized spacial score (nSPS) is 35.7. The Morgan fingerprint density at radius 2 is 1.76 bits per heavy atom. The van der Waals surface area contributed by atoms with Gasteiger partial charge in [-0.25, -0.2) is 0 Å². The highest BCUT2D eigenvalue weighted by Crippen LogP contribution is 2.56. The Morgan fingerprint density at radius 1 is 1.00 bits per heavy atom. The fourth-order valence-electron chi connectivity index (χ4n) is 8.23. The highest BCUT2D eigenvalue weighted by atomic mass is 16.2. The van der Waals surface area contributed by atoms with Crippen molar-refractivity contribution in [2.24, 2.45) is 29.6 Å². The van der Waals surface area contributed by atoms with E-state index >= 15 is 0 Å². The van der Waals surface area contributed by atoms with Crippen LogP contribution in [0.15, 0.2) is 29.8 Å². The molecule has 2 N–H and O–H groups in total. The molecule has 1 aromatic carbocycles. The van der Waals surface area contributed by atoms with Crippen molar-refractivity contribution in [1.29, 1.82) is 0 Å². The second kappa shape index (κ2) is 7.92. The second-order valence-corrected chi connectivity index (χ2v) is 11.7. The zero-order valence-corrected chi connectivity index (χ0v) is 19.6. The van der Waals surface area contributed by atoms with Crippen molar-refractivity contribution in [2.45, 2.75) is 69.9 Å². The number of H-pyrrole nitrogens is 1. The van der Waals surface area contributed by atoms with E-state index in [0.717, 1.165) is 54.2 Å². The molecule has 1 aliphatic heterocycles. The van der Waals surface area contributed by atoms with Gasteiger partial charge in [0.05, 0.1) is 6.42 Å². The summed E-state index contributed by atoms with van der Waals surface area (Å²) >= 11 is 0. The van der Waals surface area contributed by atoms with Gasteiger partial charge in [-0.05, 0) is 98.7 Å². The van der Waals surface area contributed by atoms with Crippen LogP contribution in [0.1, 0.15) is 56.9 Å². The van der Waals surface area contributed by atoms with Crippen molar-refractivity contribution in [2.75, 3.05) is 6.54 Å². The predicted molar refractivity (Wildman–Crippen MR) is 127 cm³/mol. The standard InChI is InChI=1S/C27H33N5O2/c33-26(13-22-18-6-16-5-17(8-18)9-19(22)7-16)28-23-4-2-21-12-20(23)14-32(21)27(34)11-15-1-3-24-25(10-15)30-31-29-24/h1,3,10,13,16-21,23H,2,4-9,11-12,14H2,(H,28,33)(H,29,30,31). The number of amides is 2. The van der Waals surface area contributed by atoms with Crippen molar-refractivity contribution >= 4 is 22.8 Å². The van der Waals surface area contributed by atoms with E-state index in [4.69, 9.17) is 0 Å². The molecule has 2 amide bonds. The van der Waals surface area contributed by atoms with Crippen molar-refractivity contribution in [3.05, 3.63) is 35.4 Å². The van der Waals surface area contributed by atoms with Gasteiger partial charge in [-0.3, -0.25) is 9.59 Å². The van der Waals surface area contributed by atoms with E-state index in [9.17, 15) is 9.59 Å². The Kier molecular flexibility index (Phi) is 4.81. The first kappa shape index (κ1) is 20.7. The molecule has 3 unspecified atom stereocenters. The molecule has 6 aliphatic rings. The fraction of sp³-hybridized carbons (Fsp3) is 0.630. The molecule has 7 nitrogen and oxygen atoms in total. The molecule has 5 aliphatic carbocycles. The maximum Gasteiger partial charge on any atom is 0.244 e. The number of aromatic nitrogens is 3. The van der Waals surface area contributed by atoms with Gasteiger partial charge in [-0.1, -0.05) is 11.6 Å². The third kappa shape index (κ3) is 3.55. The van der Waals surface area contributed by atoms with Gasteiger partial charge in [0.25, 0.3) is 0 Å². The van der Waals surface area contributed by atoms with E-state index in [0.29, 0.717) is 30.2 Å². The SMILES string of the molecule is O=C(C=C1C2CC3CC(C2)CC1C3)NC1CCC2CC1CN2C(=O)Cc1ccc2n[nH]nc2c1. The molecule has 3 atom stereocenters. The lowest BCUT2D eigenvalue weighted by Gasteiger charge is -2.51. The van der Waals surface area contributed by atoms with Gasteiger partial charge in [0.2, 0.25) is 11.8 Å². The van der Waals surface area contributed by atoms with Crippen LogP contribution < -0.4 is 5.32 Å². The topological polar surface area (TPSA) is 91.0 Å². The zero-order chi connectivity index (χ0) is 22.8. The Morgan fingerprint density at radius 3 is 2.56 bits per heavy atom. The number of rotatable bonds is 4. The summed E-state index contributed by atoms with van der Waals surface area (Å²) in [4.78, 5) is 28.3. The minimum absolute atomic E-state index is 0.108. The van der Waals surface area contributed by atoms with Crippen molar-refractivity contribution in [1.82, 2.24) is 25.6 Å². The van der Waals surface area contributed by atoms with Gasteiger partial charge in [-0.2, -0.15) is 15.4 Å². The van der Waals surface area contributed by atoms with Crippen LogP contribution >= 0.6 is 0 Å². The molecule has 1 saturated heterocycles. The largest absolute Gasteiger partial charge is 0.349 e. The molecule has 1 aromatic heterocycles. The number of fused-ring (bicyclic) bond motifs is 3. The summed E-state index contributed by atoms with van der Waals surface area (Å²) in [5.74, 6) is 3.80. The minimum Gasteiger partial charge on any atom is -0.349 e. The van der Waals surface area contributed by atoms with Gasteiger partial charge in [-0.15, -0.1) is 0 Å². The third-order valence-electron chi connectivity index (χ3n) is 9.59. The first-order valence-corrected chi connectivity index (χ1v) is 13.2. The Balaban J connectivity index is 0.987. The lowest BCUT2D eigenvalue weighted by atomic mass is 9.54. The number of benzene rings is 1. The van der Waals surface area contributed by atoms with E-state index in [1.165, 1.54) is 37.7 Å². The summed E-state index contributed by atoms with van der Waals surface area (Å²) in [5, 5.41) is 14.2. The van der Waals surface area contributed by atoms with Gasteiger partial charge in [0.1, 0.15) is 11.0 Å². The number of hydrogen-bond donors (Lipinski definition) is 2. The highest BCUT2D eigenvalue weighted by Gasteiger charge is 2.46. The average molecular weight is 460 g/mol. The quantitative estimate of drug-likeness (QED) is 0.686. The lowest BCUT2D eigenvalue weighted by Crippen LogP contribution is -2.44. The Hall–Kier alpha value is -2.70. The van der Waals surface area contributed by atoms with Crippen LogP contribution in [0.3, 0.4) is 0 Å². The first-order valence-electron chi connectivity index (χ1n) is 13.2. The highest BCUT2D eigenvalue weighted by molar-refractivity contribution is 5.89. The van der Waals surface area contributed by atoms with Crippen LogP contribution in [-0.4, -0.2) is 50.8 Å². The predicted octanol–water partition coefficient (Wildman–Crippen LogP) is 3.38. The maximum absolute atomic E-state index is 13.2. The number of nitrogens with zero attached hydrogens (tertiary/aromatic N) is 3. The summed E-state index contributed by atoms with van der Waals surface area (Å²) in [5.41, 5.74) is 4.03. The first-order chi connectivity index (χ1) is 16.6. The summed E-state index contributed by atoms with van der Waals surface area (Å²) in [6.45, 7) is 0.756. The van der Waals surface area contributed by atoms with Crippen LogP contribution in [0.4, 0.5) is 0 Å². The summed E-state index contributed by atoms with van der Waals surface area (Å²) < 4.78 is 0. The van der Waals surface area contributed by atoms with Gasteiger partial charge in [0.15, 0.2) is 0 Å². The van der Waals surface area contributed by atoms with Crippen LogP contribution in [0.25, 0.3) is 11.0 Å². The molecule has 5 saturated carbocycles. The molecule has 0 radical (unpaired) electrons. The smallest absolute Gasteiger partial charge is 0.244 e. The van der Waals surface area contributed by atoms with Gasteiger partial charge in [0, 0.05) is 24.7 Å². The van der Waals surface area contributed by atoms with Crippen molar-refractivity contribution < 1.29 is 9.59 Å². The second-order valence-electron chi connectivity index (χ2n) is 11.7. The molecule has 6 fully saturated rings. The molecular weight excluding hydrogens is 426 g/mol. The number of likely N-dealkylation sites (tertiary alicyclic amines) is 1. The third-order valence-corrected chi connectivity index (χ3v) is 9.59. The number of aromatic amines is 1. The van der Waals surface area contributed by atoms with Crippen LogP contribution in [0.5, 0.6) is 0 Å². The maximum atomic E-state index is 13.2. The molecule has 6 bridgehead atoms. The minimum atomic E-state index is 0.108. The number of carbonyl (C=O) groups is 2. The van der Waals surface area contributed by atoms with Crippen LogP contribution in [0, 0.1) is 29.6 Å². The van der Waals surface area contributed by atoms with Crippen molar-refractivity contribution in [3.8, 4) is 0 Å². The number of carbonyl (C=O) groups excluding carboxylic acids is 2. The van der Waals surface area contributed by atoms with Crippen LogP contribution in [0.2, 0.25) is 0 Å². The molecule has 178 valence electrons. The fourth-order valence-corrected chi connectivity index (χ4v) is 8.23. The van der Waals surface area contributed by atoms with Crippen molar-refractivity contribution in [3.63, 3.8) is 0 Å². The Bertz CT molecular complexity index is 1140. The monoisotopic (exact) mass is 459 g/mol. The van der Waals surface area contributed by atoms with Gasteiger partial charge < -0.3 is 10.2 Å².